The molecule has 0 spiro atoms. The minimum atomic E-state index is -1.01. The van der Waals surface area contributed by atoms with E-state index >= 15 is 0 Å². The molecule has 1 unspecified atom stereocenters. The van der Waals surface area contributed by atoms with Crippen molar-refractivity contribution in [1.82, 2.24) is 14.3 Å². The van der Waals surface area contributed by atoms with Crippen molar-refractivity contribution in [3.05, 3.63) is 133 Å². The molecule has 0 saturated carbocycles. The van der Waals surface area contributed by atoms with Crippen LogP contribution in [0, 0.1) is 11.6 Å². The molecule has 44 heavy (non-hydrogen) atoms. The lowest BCUT2D eigenvalue weighted by Gasteiger charge is -2.24. The molecule has 3 aromatic carbocycles. The summed E-state index contributed by atoms with van der Waals surface area (Å²) in [6.45, 7) is 3.59. The number of hydrogen-bond donors (Lipinski definition) is 0. The number of rotatable bonds is 7. The second-order valence-electron chi connectivity index (χ2n) is 9.92. The SMILES string of the molecule is CCOC(=O)C1=C(C)N=c2sc(=Cc3cn(-c4ccccc4)nc3-c3ccc(F)c(F)c3)c(=O)n2C1c1ccc(OC)cc1. The molecule has 222 valence electrons. The molecule has 0 fully saturated rings. The predicted molar refractivity (Wildman–Crippen MR) is 162 cm³/mol. The highest BCUT2D eigenvalue weighted by Crippen LogP contribution is 2.32. The number of nitrogens with zero attached hydrogens (tertiary/aromatic N) is 4. The van der Waals surface area contributed by atoms with E-state index in [9.17, 15) is 18.4 Å². The standard InChI is InChI=1S/C33H26F2N4O4S/c1-4-43-32(41)28-19(2)36-33-39(30(28)20-10-13-24(42-3)14-11-20)31(40)27(44-33)17-22-18-38(23-8-6-5-7-9-23)37-29(22)21-12-15-25(34)26(35)16-21/h5-18,30H,4H2,1-3H3. The lowest BCUT2D eigenvalue weighted by Crippen LogP contribution is -2.39. The van der Waals surface area contributed by atoms with Crippen LogP contribution in [0.4, 0.5) is 8.78 Å². The normalized spacial score (nSPS) is 14.8. The van der Waals surface area contributed by atoms with Crippen LogP contribution in [0.15, 0.2) is 100 Å². The van der Waals surface area contributed by atoms with Crippen molar-refractivity contribution in [1.29, 1.82) is 0 Å². The summed E-state index contributed by atoms with van der Waals surface area (Å²) in [6.07, 6.45) is 3.38. The van der Waals surface area contributed by atoms with E-state index in [1.807, 2.05) is 30.3 Å². The van der Waals surface area contributed by atoms with Crippen molar-refractivity contribution in [3.8, 4) is 22.7 Å². The predicted octanol–water partition coefficient (Wildman–Crippen LogP) is 4.94. The molecule has 11 heteroatoms. The van der Waals surface area contributed by atoms with E-state index in [2.05, 4.69) is 10.1 Å². The van der Waals surface area contributed by atoms with Gasteiger partial charge >= 0.3 is 5.97 Å². The zero-order chi connectivity index (χ0) is 31.0. The summed E-state index contributed by atoms with van der Waals surface area (Å²) in [6, 6.07) is 19.2. The van der Waals surface area contributed by atoms with Crippen LogP contribution < -0.4 is 19.6 Å². The number of ether oxygens (including phenoxy) is 2. The Morgan fingerprint density at radius 1 is 1.05 bits per heavy atom. The third-order valence-corrected chi connectivity index (χ3v) is 8.17. The Bertz CT molecular complexity index is 2100. The zero-order valence-corrected chi connectivity index (χ0v) is 24.8. The number of esters is 1. The van der Waals surface area contributed by atoms with Gasteiger partial charge in [0.05, 0.1) is 41.2 Å². The Morgan fingerprint density at radius 3 is 2.48 bits per heavy atom. The number of aromatic nitrogens is 3. The van der Waals surface area contributed by atoms with Crippen molar-refractivity contribution in [2.75, 3.05) is 13.7 Å². The van der Waals surface area contributed by atoms with Gasteiger partial charge in [-0.25, -0.2) is 23.2 Å². The Balaban J connectivity index is 1.56. The average molecular weight is 613 g/mol. The number of benzene rings is 3. The maximum atomic E-state index is 14.3. The van der Waals surface area contributed by atoms with Crippen LogP contribution in [0.1, 0.15) is 31.0 Å². The van der Waals surface area contributed by atoms with Crippen LogP contribution in [0.2, 0.25) is 0 Å². The molecule has 0 N–H and O–H groups in total. The number of carbonyl (C=O) groups is 1. The van der Waals surface area contributed by atoms with E-state index in [1.54, 1.807) is 62.2 Å². The van der Waals surface area contributed by atoms with Gasteiger partial charge in [-0.3, -0.25) is 9.36 Å². The minimum Gasteiger partial charge on any atom is -0.497 e. The van der Waals surface area contributed by atoms with Crippen molar-refractivity contribution < 1.29 is 23.0 Å². The molecular weight excluding hydrogens is 586 g/mol. The molecule has 1 aliphatic rings. The van der Waals surface area contributed by atoms with Gasteiger partial charge in [0, 0.05) is 17.3 Å². The monoisotopic (exact) mass is 612 g/mol. The van der Waals surface area contributed by atoms with Gasteiger partial charge in [-0.2, -0.15) is 5.10 Å². The third kappa shape index (κ3) is 5.26. The van der Waals surface area contributed by atoms with Crippen LogP contribution in [0.25, 0.3) is 23.0 Å². The molecule has 2 aromatic heterocycles. The number of methoxy groups -OCH3 is 1. The first-order valence-electron chi connectivity index (χ1n) is 13.7. The second kappa shape index (κ2) is 11.8. The van der Waals surface area contributed by atoms with Crippen molar-refractivity contribution in [2.45, 2.75) is 19.9 Å². The average Bonchev–Trinajstić information content (AvgIpc) is 3.59. The Morgan fingerprint density at radius 2 is 1.80 bits per heavy atom. The highest BCUT2D eigenvalue weighted by Gasteiger charge is 2.33. The van der Waals surface area contributed by atoms with Gasteiger partial charge in [0.25, 0.3) is 5.56 Å². The molecule has 5 aromatic rings. The number of halogens is 2. The first kappa shape index (κ1) is 28.9. The number of para-hydroxylation sites is 1. The van der Waals surface area contributed by atoms with Crippen LogP contribution in [0.5, 0.6) is 5.75 Å². The Kier molecular flexibility index (Phi) is 7.79. The first-order chi connectivity index (χ1) is 21.3. The first-order valence-corrected chi connectivity index (χ1v) is 14.5. The fraction of sp³-hybridized carbons (Fsp3) is 0.152. The third-order valence-electron chi connectivity index (χ3n) is 7.19. The lowest BCUT2D eigenvalue weighted by atomic mass is 9.96. The largest absolute Gasteiger partial charge is 0.497 e. The molecule has 0 radical (unpaired) electrons. The molecule has 0 aliphatic carbocycles. The molecule has 0 bridgehead atoms. The van der Waals surface area contributed by atoms with E-state index in [4.69, 9.17) is 9.47 Å². The van der Waals surface area contributed by atoms with Crippen molar-refractivity contribution in [3.63, 3.8) is 0 Å². The minimum absolute atomic E-state index is 0.160. The Hall–Kier alpha value is -5.16. The summed E-state index contributed by atoms with van der Waals surface area (Å²) in [7, 11) is 1.56. The summed E-state index contributed by atoms with van der Waals surface area (Å²) in [5.41, 5.74) is 2.94. The maximum absolute atomic E-state index is 14.3. The zero-order valence-electron chi connectivity index (χ0n) is 24.0. The molecule has 1 aliphatic heterocycles. The number of carbonyl (C=O) groups excluding carboxylic acids is 1. The second-order valence-corrected chi connectivity index (χ2v) is 10.9. The summed E-state index contributed by atoms with van der Waals surface area (Å²) in [5, 5.41) is 4.66. The van der Waals surface area contributed by atoms with E-state index in [0.717, 1.165) is 29.2 Å². The molecule has 1 atom stereocenters. The van der Waals surface area contributed by atoms with Gasteiger partial charge in [0.2, 0.25) is 0 Å². The van der Waals surface area contributed by atoms with Gasteiger partial charge in [-0.1, -0.05) is 41.7 Å². The molecule has 6 rings (SSSR count). The summed E-state index contributed by atoms with van der Waals surface area (Å²) in [5.74, 6) is -1.92. The van der Waals surface area contributed by atoms with Crippen molar-refractivity contribution in [2.24, 2.45) is 4.99 Å². The van der Waals surface area contributed by atoms with Gasteiger partial charge < -0.3 is 9.47 Å². The highest BCUT2D eigenvalue weighted by molar-refractivity contribution is 7.07. The molecule has 3 heterocycles. The van der Waals surface area contributed by atoms with Gasteiger partial charge in [-0.15, -0.1) is 0 Å². The van der Waals surface area contributed by atoms with E-state index < -0.39 is 23.6 Å². The number of allylic oxidation sites excluding steroid dienone is 1. The summed E-state index contributed by atoms with van der Waals surface area (Å²) in [4.78, 5) is 32.3. The van der Waals surface area contributed by atoms with Gasteiger partial charge in [0.1, 0.15) is 11.4 Å². The van der Waals surface area contributed by atoms with E-state index in [1.165, 1.54) is 10.6 Å². The van der Waals surface area contributed by atoms with Crippen molar-refractivity contribution >= 4 is 23.4 Å². The van der Waals surface area contributed by atoms with E-state index in [0.29, 0.717) is 43.2 Å². The molecule has 0 amide bonds. The Labute approximate surface area is 254 Å². The van der Waals surface area contributed by atoms with Crippen LogP contribution in [-0.4, -0.2) is 34.0 Å². The maximum Gasteiger partial charge on any atom is 0.338 e. The fourth-order valence-electron chi connectivity index (χ4n) is 5.11. The number of hydrogen-bond acceptors (Lipinski definition) is 7. The van der Waals surface area contributed by atoms with Crippen LogP contribution in [-0.2, 0) is 9.53 Å². The van der Waals surface area contributed by atoms with Gasteiger partial charge in [0.15, 0.2) is 16.4 Å². The summed E-state index contributed by atoms with van der Waals surface area (Å²) >= 11 is 1.15. The fourth-order valence-corrected chi connectivity index (χ4v) is 6.15. The van der Waals surface area contributed by atoms with Crippen LogP contribution in [0.3, 0.4) is 0 Å². The topological polar surface area (TPSA) is 87.7 Å². The number of thiazole rings is 1. The molecular formula is C33H26F2N4O4S. The molecule has 0 saturated heterocycles. The van der Waals surface area contributed by atoms with Gasteiger partial charge in [-0.05, 0) is 68.0 Å². The van der Waals surface area contributed by atoms with E-state index in [-0.39, 0.29) is 17.7 Å². The van der Waals surface area contributed by atoms with Crippen LogP contribution >= 0.6 is 11.3 Å². The number of fused-ring (bicyclic) bond motifs is 1. The highest BCUT2D eigenvalue weighted by atomic mass is 32.1. The lowest BCUT2D eigenvalue weighted by molar-refractivity contribution is -0.139. The summed E-state index contributed by atoms with van der Waals surface area (Å²) < 4.78 is 42.2. The smallest absolute Gasteiger partial charge is 0.338 e. The quantitative estimate of drug-likeness (QED) is 0.243. The molecule has 8 nitrogen and oxygen atoms in total.